The van der Waals surface area contributed by atoms with Crippen LogP contribution in [-0.2, 0) is 17.9 Å². The van der Waals surface area contributed by atoms with Crippen molar-refractivity contribution < 1.29 is 19.1 Å². The van der Waals surface area contributed by atoms with E-state index in [1.54, 1.807) is 7.11 Å². The minimum atomic E-state index is -0.468. The summed E-state index contributed by atoms with van der Waals surface area (Å²) in [6.07, 6.45) is 0.800. The van der Waals surface area contributed by atoms with E-state index in [0.29, 0.717) is 24.7 Å². The minimum absolute atomic E-state index is 0.0191. The van der Waals surface area contributed by atoms with E-state index < -0.39 is 6.03 Å². The van der Waals surface area contributed by atoms with Crippen molar-refractivity contribution in [2.75, 3.05) is 20.7 Å². The molecule has 2 rings (SSSR count). The summed E-state index contributed by atoms with van der Waals surface area (Å²) < 4.78 is 11.3. The predicted octanol–water partition coefficient (Wildman–Crippen LogP) is 3.33. The molecule has 0 saturated heterocycles. The van der Waals surface area contributed by atoms with Crippen LogP contribution in [0.5, 0.6) is 11.5 Å². The van der Waals surface area contributed by atoms with Crippen LogP contribution < -0.4 is 20.1 Å². The predicted molar refractivity (Wildman–Crippen MR) is 117 cm³/mol. The van der Waals surface area contributed by atoms with Crippen molar-refractivity contribution in [3.8, 4) is 11.5 Å². The Labute approximate surface area is 178 Å². The number of nitrogens with zero attached hydrogens (tertiary/aromatic N) is 1. The number of methoxy groups -OCH3 is 1. The Hall–Kier alpha value is -3.06. The second-order valence-electron chi connectivity index (χ2n) is 7.26. The first-order chi connectivity index (χ1) is 14.4. The molecular formula is C23H31N3O4. The molecule has 0 unspecified atom stereocenters. The van der Waals surface area contributed by atoms with Crippen molar-refractivity contribution in [1.29, 1.82) is 0 Å². The summed E-state index contributed by atoms with van der Waals surface area (Å²) >= 11 is 0. The summed E-state index contributed by atoms with van der Waals surface area (Å²) in [5, 5.41) is 5.06. The van der Waals surface area contributed by atoms with Crippen LogP contribution in [0.4, 0.5) is 4.79 Å². The van der Waals surface area contributed by atoms with Crippen molar-refractivity contribution in [3.63, 3.8) is 0 Å². The highest BCUT2D eigenvalue weighted by atomic mass is 16.5. The average Bonchev–Trinajstić information content (AvgIpc) is 2.72. The molecule has 0 spiro atoms. The molecule has 2 aromatic rings. The normalized spacial score (nSPS) is 11.6. The van der Waals surface area contributed by atoms with Crippen molar-refractivity contribution in [2.24, 2.45) is 0 Å². The number of benzene rings is 2. The lowest BCUT2D eigenvalue weighted by molar-refractivity contribution is -0.121. The minimum Gasteiger partial charge on any atom is -0.493 e. The number of hydrogen-bond donors (Lipinski definition) is 2. The van der Waals surface area contributed by atoms with Crippen molar-refractivity contribution in [2.45, 2.75) is 39.5 Å². The molecule has 1 atom stereocenters. The number of ether oxygens (including phenoxy) is 2. The summed E-state index contributed by atoms with van der Waals surface area (Å²) in [5.41, 5.74) is 2.05. The second-order valence-corrected chi connectivity index (χ2v) is 7.26. The van der Waals surface area contributed by atoms with Gasteiger partial charge in [0, 0.05) is 12.6 Å². The van der Waals surface area contributed by atoms with E-state index in [2.05, 4.69) is 10.6 Å². The number of amides is 3. The SMILES string of the molecule is CC[C@H](C)NC(=O)NC(=O)CN(C)Cc1ccc(OCc2ccccc2)c(OC)c1. The van der Waals surface area contributed by atoms with Crippen LogP contribution in [0.25, 0.3) is 0 Å². The molecule has 7 nitrogen and oxygen atoms in total. The van der Waals surface area contributed by atoms with Crippen molar-refractivity contribution >= 4 is 11.9 Å². The zero-order chi connectivity index (χ0) is 21.9. The van der Waals surface area contributed by atoms with E-state index in [1.807, 2.05) is 74.3 Å². The van der Waals surface area contributed by atoms with Crippen molar-refractivity contribution in [1.82, 2.24) is 15.5 Å². The number of carbonyl (C=O) groups excluding carboxylic acids is 2. The molecule has 0 bridgehead atoms. The summed E-state index contributed by atoms with van der Waals surface area (Å²) in [6.45, 7) is 4.93. The second kappa shape index (κ2) is 11.8. The molecular weight excluding hydrogens is 382 g/mol. The summed E-state index contributed by atoms with van der Waals surface area (Å²) in [6, 6.07) is 15.2. The number of urea groups is 1. The fourth-order valence-corrected chi connectivity index (χ4v) is 2.81. The maximum Gasteiger partial charge on any atom is 0.321 e. The highest BCUT2D eigenvalue weighted by Gasteiger charge is 2.13. The van der Waals surface area contributed by atoms with Gasteiger partial charge in [-0.15, -0.1) is 0 Å². The number of rotatable bonds is 10. The topological polar surface area (TPSA) is 79.9 Å². The fourth-order valence-electron chi connectivity index (χ4n) is 2.81. The molecule has 2 aromatic carbocycles. The Morgan fingerprint density at radius 3 is 2.47 bits per heavy atom. The highest BCUT2D eigenvalue weighted by Crippen LogP contribution is 2.29. The van der Waals surface area contributed by atoms with Gasteiger partial charge in [0.2, 0.25) is 5.91 Å². The molecule has 7 heteroatoms. The zero-order valence-electron chi connectivity index (χ0n) is 18.1. The standard InChI is InChI=1S/C23H31N3O4/c1-5-17(2)24-23(28)25-22(27)15-26(3)14-19-11-12-20(21(13-19)29-4)30-16-18-9-7-6-8-10-18/h6-13,17H,5,14-16H2,1-4H3,(H2,24,25,27,28)/t17-/m0/s1. The van der Waals surface area contributed by atoms with Gasteiger partial charge in [-0.05, 0) is 43.7 Å². The van der Waals surface area contributed by atoms with E-state index >= 15 is 0 Å². The summed E-state index contributed by atoms with van der Waals surface area (Å²) in [4.78, 5) is 25.6. The first-order valence-electron chi connectivity index (χ1n) is 10.0. The van der Waals surface area contributed by atoms with Gasteiger partial charge in [0.25, 0.3) is 0 Å². The molecule has 0 heterocycles. The number of carbonyl (C=O) groups is 2. The highest BCUT2D eigenvalue weighted by molar-refractivity contribution is 5.95. The number of likely N-dealkylation sites (N-methyl/N-ethyl adjacent to an activating group) is 1. The first kappa shape index (κ1) is 23.2. The molecule has 0 aliphatic rings. The molecule has 0 saturated carbocycles. The Morgan fingerprint density at radius 1 is 1.07 bits per heavy atom. The lowest BCUT2D eigenvalue weighted by Crippen LogP contribution is -2.46. The van der Waals surface area contributed by atoms with Gasteiger partial charge in [0.15, 0.2) is 11.5 Å². The Bertz CT molecular complexity index is 826. The average molecular weight is 414 g/mol. The van der Waals surface area contributed by atoms with E-state index in [1.165, 1.54) is 0 Å². The molecule has 0 aliphatic heterocycles. The maximum atomic E-state index is 12.1. The zero-order valence-corrected chi connectivity index (χ0v) is 18.1. The molecule has 3 amide bonds. The van der Waals surface area contributed by atoms with Crippen LogP contribution in [0.15, 0.2) is 48.5 Å². The van der Waals surface area contributed by atoms with Gasteiger partial charge in [0.05, 0.1) is 13.7 Å². The van der Waals surface area contributed by atoms with Gasteiger partial charge >= 0.3 is 6.03 Å². The lowest BCUT2D eigenvalue weighted by atomic mass is 10.2. The number of imide groups is 1. The van der Waals surface area contributed by atoms with Gasteiger partial charge in [-0.3, -0.25) is 15.0 Å². The van der Waals surface area contributed by atoms with Gasteiger partial charge in [-0.2, -0.15) is 0 Å². The third kappa shape index (κ3) is 7.75. The van der Waals surface area contributed by atoms with Crippen LogP contribution in [0.1, 0.15) is 31.4 Å². The first-order valence-corrected chi connectivity index (χ1v) is 10.0. The lowest BCUT2D eigenvalue weighted by Gasteiger charge is -2.18. The van der Waals surface area contributed by atoms with Gasteiger partial charge in [0.1, 0.15) is 6.61 Å². The quantitative estimate of drug-likeness (QED) is 0.625. The van der Waals surface area contributed by atoms with E-state index in [0.717, 1.165) is 17.5 Å². The summed E-state index contributed by atoms with van der Waals surface area (Å²) in [7, 11) is 3.42. The van der Waals surface area contributed by atoms with E-state index in [4.69, 9.17) is 9.47 Å². The maximum absolute atomic E-state index is 12.1. The monoisotopic (exact) mass is 413 g/mol. The fraction of sp³-hybridized carbons (Fsp3) is 0.391. The van der Waals surface area contributed by atoms with Crippen LogP contribution in [0.3, 0.4) is 0 Å². The van der Waals surface area contributed by atoms with Crippen molar-refractivity contribution in [3.05, 3.63) is 59.7 Å². The molecule has 0 aliphatic carbocycles. The Kier molecular flexibility index (Phi) is 9.15. The third-order valence-electron chi connectivity index (χ3n) is 4.57. The smallest absolute Gasteiger partial charge is 0.321 e. The molecule has 30 heavy (non-hydrogen) atoms. The summed E-state index contributed by atoms with van der Waals surface area (Å²) in [5.74, 6) is 0.939. The van der Waals surface area contributed by atoms with Crippen LogP contribution >= 0.6 is 0 Å². The number of nitrogens with one attached hydrogen (secondary N) is 2. The van der Waals surface area contributed by atoms with Gasteiger partial charge in [-0.1, -0.05) is 43.3 Å². The molecule has 2 N–H and O–H groups in total. The Morgan fingerprint density at radius 2 is 1.80 bits per heavy atom. The number of hydrogen-bond acceptors (Lipinski definition) is 5. The largest absolute Gasteiger partial charge is 0.493 e. The molecule has 0 fully saturated rings. The van der Waals surface area contributed by atoms with E-state index in [9.17, 15) is 9.59 Å². The van der Waals surface area contributed by atoms with Crippen LogP contribution in [-0.4, -0.2) is 43.6 Å². The molecule has 162 valence electrons. The molecule has 0 radical (unpaired) electrons. The van der Waals surface area contributed by atoms with Gasteiger partial charge < -0.3 is 14.8 Å². The molecule has 0 aromatic heterocycles. The van der Waals surface area contributed by atoms with E-state index in [-0.39, 0.29) is 18.5 Å². The third-order valence-corrected chi connectivity index (χ3v) is 4.57. The van der Waals surface area contributed by atoms with Gasteiger partial charge in [-0.25, -0.2) is 4.79 Å². The Balaban J connectivity index is 1.88. The van der Waals surface area contributed by atoms with Crippen LogP contribution in [0, 0.1) is 0 Å². The van der Waals surface area contributed by atoms with Crippen LogP contribution in [0.2, 0.25) is 0 Å².